The molecule has 0 spiro atoms. The molecule has 144 valence electrons. The number of nitriles is 1. The first-order valence-corrected chi connectivity index (χ1v) is 9.17. The minimum Gasteiger partial charge on any atom is -0.376 e. The van der Waals surface area contributed by atoms with Crippen molar-refractivity contribution in [3.8, 4) is 6.07 Å². The SMILES string of the molecule is C[C@](O)(c1ccc(S(=O)(=O)c2ccc(C#N)cc2CCF)cc1)C(F)(F)F. The number of halogens is 4. The fourth-order valence-electron chi connectivity index (χ4n) is 2.46. The molecular weight excluding hydrogens is 386 g/mol. The topological polar surface area (TPSA) is 78.2 Å². The minimum atomic E-state index is -4.94. The van der Waals surface area contributed by atoms with Crippen molar-refractivity contribution in [3.05, 3.63) is 59.2 Å². The maximum atomic E-state index is 12.9. The van der Waals surface area contributed by atoms with E-state index in [1.54, 1.807) is 0 Å². The van der Waals surface area contributed by atoms with Crippen LogP contribution in [0.15, 0.2) is 52.3 Å². The number of sulfone groups is 1. The lowest BCUT2D eigenvalue weighted by atomic mass is 9.96. The Labute approximate surface area is 153 Å². The Hall–Kier alpha value is -2.44. The molecule has 1 atom stereocenters. The van der Waals surface area contributed by atoms with E-state index in [2.05, 4.69) is 0 Å². The summed E-state index contributed by atoms with van der Waals surface area (Å²) in [5.74, 6) is 0. The Morgan fingerprint density at radius 1 is 1.11 bits per heavy atom. The highest BCUT2D eigenvalue weighted by Gasteiger charge is 2.51. The van der Waals surface area contributed by atoms with Crippen molar-refractivity contribution in [3.63, 3.8) is 0 Å². The van der Waals surface area contributed by atoms with E-state index in [1.165, 1.54) is 18.2 Å². The third-order valence-corrected chi connectivity index (χ3v) is 5.99. The third kappa shape index (κ3) is 3.96. The van der Waals surface area contributed by atoms with Crippen LogP contribution in [0, 0.1) is 11.3 Å². The van der Waals surface area contributed by atoms with Crippen molar-refractivity contribution in [1.82, 2.24) is 0 Å². The fourth-order valence-corrected chi connectivity index (χ4v) is 3.96. The lowest BCUT2D eigenvalue weighted by Gasteiger charge is -2.26. The normalized spacial score (nSPS) is 14.4. The molecular formula is C18H15F4NO3S. The molecule has 0 aliphatic heterocycles. The molecule has 0 saturated carbocycles. The van der Waals surface area contributed by atoms with E-state index in [0.717, 1.165) is 24.3 Å². The van der Waals surface area contributed by atoms with Gasteiger partial charge in [-0.05, 0) is 48.4 Å². The summed E-state index contributed by atoms with van der Waals surface area (Å²) in [5.41, 5.74) is -3.39. The second kappa shape index (κ2) is 7.29. The largest absolute Gasteiger partial charge is 0.421 e. The van der Waals surface area contributed by atoms with Crippen LogP contribution in [0.1, 0.15) is 23.6 Å². The number of alkyl halides is 4. The summed E-state index contributed by atoms with van der Waals surface area (Å²) >= 11 is 0. The number of aliphatic hydroxyl groups is 1. The highest BCUT2D eigenvalue weighted by Crippen LogP contribution is 2.39. The van der Waals surface area contributed by atoms with Crippen LogP contribution >= 0.6 is 0 Å². The molecule has 0 unspecified atom stereocenters. The monoisotopic (exact) mass is 401 g/mol. The summed E-state index contributed by atoms with van der Waals surface area (Å²) in [6.07, 6.45) is -5.17. The van der Waals surface area contributed by atoms with Crippen molar-refractivity contribution >= 4 is 9.84 Å². The van der Waals surface area contributed by atoms with Crippen LogP contribution in [0.2, 0.25) is 0 Å². The van der Waals surface area contributed by atoms with Gasteiger partial charge in [0.1, 0.15) is 0 Å². The second-order valence-electron chi connectivity index (χ2n) is 5.97. The molecule has 2 aromatic carbocycles. The molecule has 0 amide bonds. The van der Waals surface area contributed by atoms with Gasteiger partial charge in [-0.25, -0.2) is 8.42 Å². The van der Waals surface area contributed by atoms with Crippen LogP contribution in [-0.2, 0) is 21.9 Å². The van der Waals surface area contributed by atoms with Gasteiger partial charge in [-0.15, -0.1) is 0 Å². The summed E-state index contributed by atoms with van der Waals surface area (Å²) in [6, 6.07) is 9.16. The Bertz CT molecular complexity index is 975. The van der Waals surface area contributed by atoms with Crippen LogP contribution in [0.25, 0.3) is 0 Å². The van der Waals surface area contributed by atoms with Gasteiger partial charge >= 0.3 is 6.18 Å². The van der Waals surface area contributed by atoms with Crippen molar-refractivity contribution in [2.75, 3.05) is 6.67 Å². The number of nitrogens with zero attached hydrogens (tertiary/aromatic N) is 1. The van der Waals surface area contributed by atoms with E-state index in [0.29, 0.717) is 6.92 Å². The van der Waals surface area contributed by atoms with Crippen molar-refractivity contribution in [1.29, 1.82) is 5.26 Å². The molecule has 0 heterocycles. The van der Waals surface area contributed by atoms with Crippen LogP contribution in [0.5, 0.6) is 0 Å². The third-order valence-electron chi connectivity index (χ3n) is 4.12. The van der Waals surface area contributed by atoms with E-state index >= 15 is 0 Å². The Kier molecular flexibility index (Phi) is 5.63. The van der Waals surface area contributed by atoms with E-state index in [-0.39, 0.29) is 27.3 Å². The molecule has 0 aliphatic carbocycles. The van der Waals surface area contributed by atoms with Gasteiger partial charge in [-0.3, -0.25) is 4.39 Å². The molecule has 4 nitrogen and oxygen atoms in total. The summed E-state index contributed by atoms with van der Waals surface area (Å²) < 4.78 is 77.1. The summed E-state index contributed by atoms with van der Waals surface area (Å²) in [4.78, 5) is -0.538. The van der Waals surface area contributed by atoms with E-state index in [1.807, 2.05) is 6.07 Å². The fraction of sp³-hybridized carbons (Fsp3) is 0.278. The Morgan fingerprint density at radius 2 is 1.70 bits per heavy atom. The van der Waals surface area contributed by atoms with Gasteiger partial charge in [-0.1, -0.05) is 12.1 Å². The molecule has 0 aliphatic rings. The molecule has 2 rings (SSSR count). The van der Waals surface area contributed by atoms with Gasteiger partial charge in [0.15, 0.2) is 5.60 Å². The first-order valence-electron chi connectivity index (χ1n) is 7.69. The zero-order chi connectivity index (χ0) is 20.5. The summed E-state index contributed by atoms with van der Waals surface area (Å²) in [6.45, 7) is -0.277. The lowest BCUT2D eigenvalue weighted by molar-refractivity contribution is -0.258. The van der Waals surface area contributed by atoms with Gasteiger partial charge in [0.25, 0.3) is 0 Å². The van der Waals surface area contributed by atoms with E-state index in [4.69, 9.17) is 5.26 Å². The lowest BCUT2D eigenvalue weighted by Crippen LogP contribution is -2.39. The van der Waals surface area contributed by atoms with Gasteiger partial charge in [-0.2, -0.15) is 18.4 Å². The van der Waals surface area contributed by atoms with Crippen LogP contribution in [-0.4, -0.2) is 26.4 Å². The molecule has 9 heteroatoms. The average Bonchev–Trinajstić information content (AvgIpc) is 2.61. The van der Waals surface area contributed by atoms with Gasteiger partial charge in [0, 0.05) is 6.42 Å². The molecule has 27 heavy (non-hydrogen) atoms. The average molecular weight is 401 g/mol. The highest BCUT2D eigenvalue weighted by atomic mass is 32.2. The van der Waals surface area contributed by atoms with Crippen LogP contribution in [0.4, 0.5) is 17.6 Å². The number of rotatable bonds is 5. The van der Waals surface area contributed by atoms with Gasteiger partial charge in [0.05, 0.1) is 28.1 Å². The predicted molar refractivity (Wildman–Crippen MR) is 88.4 cm³/mol. The molecule has 2 aromatic rings. The predicted octanol–water partition coefficient (Wildman–Crippen LogP) is 3.67. The van der Waals surface area contributed by atoms with Crippen molar-refractivity contribution in [2.24, 2.45) is 0 Å². The quantitative estimate of drug-likeness (QED) is 0.776. The molecule has 0 aromatic heterocycles. The molecule has 0 radical (unpaired) electrons. The van der Waals surface area contributed by atoms with E-state index in [9.17, 15) is 31.1 Å². The highest BCUT2D eigenvalue weighted by molar-refractivity contribution is 7.91. The smallest absolute Gasteiger partial charge is 0.376 e. The second-order valence-corrected chi connectivity index (χ2v) is 7.89. The van der Waals surface area contributed by atoms with Crippen LogP contribution in [0.3, 0.4) is 0 Å². The first-order chi connectivity index (χ1) is 12.4. The maximum Gasteiger partial charge on any atom is 0.421 e. The zero-order valence-corrected chi connectivity index (χ0v) is 14.9. The zero-order valence-electron chi connectivity index (χ0n) is 14.1. The standard InChI is InChI=1S/C18H15F4NO3S/c1-17(24,18(20,21)22)14-3-5-15(6-4-14)27(25,26)16-7-2-12(11-23)10-13(16)8-9-19/h2-7,10,24H,8-9H2,1H3/t17-/m0/s1. The Balaban J connectivity index is 2.51. The van der Waals surface area contributed by atoms with Gasteiger partial charge < -0.3 is 5.11 Å². The number of benzene rings is 2. The maximum absolute atomic E-state index is 12.9. The Morgan fingerprint density at radius 3 is 2.19 bits per heavy atom. The van der Waals surface area contributed by atoms with Crippen LogP contribution < -0.4 is 0 Å². The van der Waals surface area contributed by atoms with Gasteiger partial charge in [0.2, 0.25) is 9.84 Å². The minimum absolute atomic E-state index is 0.0999. The number of hydrogen-bond acceptors (Lipinski definition) is 4. The number of aryl methyl sites for hydroxylation is 1. The first kappa shape index (κ1) is 20.9. The summed E-state index contributed by atoms with van der Waals surface area (Å²) in [7, 11) is -4.15. The summed E-state index contributed by atoms with van der Waals surface area (Å²) in [5, 5.41) is 18.6. The molecule has 0 fully saturated rings. The molecule has 0 bridgehead atoms. The van der Waals surface area contributed by atoms with E-state index < -0.39 is 33.9 Å². The number of hydrogen-bond donors (Lipinski definition) is 1. The molecule has 0 saturated heterocycles. The van der Waals surface area contributed by atoms with Crippen molar-refractivity contribution in [2.45, 2.75) is 34.9 Å². The van der Waals surface area contributed by atoms with Crippen molar-refractivity contribution < 1.29 is 31.1 Å². The molecule has 1 N–H and O–H groups in total.